The maximum Gasteiger partial charge on any atom is 0.219 e. The lowest BCUT2D eigenvalue weighted by Gasteiger charge is -2.25. The van der Waals surface area contributed by atoms with Crippen LogP contribution in [-0.2, 0) is 16.6 Å². The van der Waals surface area contributed by atoms with Gasteiger partial charge >= 0.3 is 0 Å². The molecule has 0 aliphatic heterocycles. The molecule has 1 aliphatic rings. The second-order valence-electron chi connectivity index (χ2n) is 5.14. The van der Waals surface area contributed by atoms with Crippen LogP contribution in [-0.4, -0.2) is 35.7 Å². The molecule has 6 heteroatoms. The molecule has 1 N–H and O–H groups in total. The molecule has 0 aromatic heterocycles. The summed E-state index contributed by atoms with van der Waals surface area (Å²) in [7, 11) is -3.34. The third-order valence-corrected chi connectivity index (χ3v) is 6.65. The number of benzene rings is 1. The SMILES string of the molecule is CC1(S(=O)(=O)N(CCO)Cc2cccc(Br)c2)CC1. The zero-order valence-electron chi connectivity index (χ0n) is 10.8. The van der Waals surface area contributed by atoms with Crippen molar-refractivity contribution in [1.82, 2.24) is 4.31 Å². The number of hydrogen-bond donors (Lipinski definition) is 1. The van der Waals surface area contributed by atoms with Crippen LogP contribution in [0.2, 0.25) is 0 Å². The van der Waals surface area contributed by atoms with E-state index in [0.29, 0.717) is 19.4 Å². The maximum atomic E-state index is 12.5. The van der Waals surface area contributed by atoms with E-state index in [1.54, 1.807) is 6.92 Å². The van der Waals surface area contributed by atoms with Gasteiger partial charge in [-0.25, -0.2) is 8.42 Å². The van der Waals surface area contributed by atoms with Gasteiger partial charge in [-0.15, -0.1) is 0 Å². The second kappa shape index (κ2) is 5.52. The first kappa shape index (κ1) is 15.0. The molecule has 2 rings (SSSR count). The minimum atomic E-state index is -3.34. The molecule has 1 aromatic rings. The van der Waals surface area contributed by atoms with E-state index < -0.39 is 14.8 Å². The van der Waals surface area contributed by atoms with E-state index in [4.69, 9.17) is 5.11 Å². The average molecular weight is 348 g/mol. The van der Waals surface area contributed by atoms with Crippen molar-refractivity contribution in [1.29, 1.82) is 0 Å². The summed E-state index contributed by atoms with van der Waals surface area (Å²) < 4.78 is 26.7. The van der Waals surface area contributed by atoms with Gasteiger partial charge in [-0.2, -0.15) is 4.31 Å². The minimum Gasteiger partial charge on any atom is -0.395 e. The van der Waals surface area contributed by atoms with E-state index in [-0.39, 0.29) is 13.2 Å². The Labute approximate surface area is 122 Å². The molecule has 1 aliphatic carbocycles. The molecule has 0 bridgehead atoms. The largest absolute Gasteiger partial charge is 0.395 e. The topological polar surface area (TPSA) is 57.6 Å². The Bertz CT molecular complexity index is 555. The molecule has 1 fully saturated rings. The van der Waals surface area contributed by atoms with Crippen molar-refractivity contribution in [2.45, 2.75) is 31.1 Å². The summed E-state index contributed by atoms with van der Waals surface area (Å²) in [5, 5.41) is 9.10. The van der Waals surface area contributed by atoms with E-state index in [0.717, 1.165) is 10.0 Å². The average Bonchev–Trinajstić information content (AvgIpc) is 3.09. The molecular formula is C13H18BrNO3S. The predicted molar refractivity (Wildman–Crippen MR) is 78.2 cm³/mol. The van der Waals surface area contributed by atoms with Crippen LogP contribution in [0.15, 0.2) is 28.7 Å². The number of halogens is 1. The minimum absolute atomic E-state index is 0.143. The molecule has 106 valence electrons. The Morgan fingerprint density at radius 2 is 2.11 bits per heavy atom. The third kappa shape index (κ3) is 3.18. The van der Waals surface area contributed by atoms with Gasteiger partial charge in [0.05, 0.1) is 11.4 Å². The number of aliphatic hydroxyl groups is 1. The van der Waals surface area contributed by atoms with Crippen molar-refractivity contribution < 1.29 is 13.5 Å². The molecule has 0 atom stereocenters. The van der Waals surface area contributed by atoms with Gasteiger partial charge in [0.1, 0.15) is 0 Å². The Morgan fingerprint density at radius 1 is 1.42 bits per heavy atom. The number of nitrogens with zero attached hydrogens (tertiary/aromatic N) is 1. The van der Waals surface area contributed by atoms with Gasteiger partial charge in [-0.05, 0) is 37.5 Å². The van der Waals surface area contributed by atoms with Gasteiger partial charge < -0.3 is 5.11 Å². The summed E-state index contributed by atoms with van der Waals surface area (Å²) in [4.78, 5) is 0. The highest BCUT2D eigenvalue weighted by molar-refractivity contribution is 9.10. The first-order valence-corrected chi connectivity index (χ1v) is 8.47. The molecule has 1 aromatic carbocycles. The zero-order chi connectivity index (χ0) is 14.1. The van der Waals surface area contributed by atoms with Crippen molar-refractivity contribution in [3.63, 3.8) is 0 Å². The third-order valence-electron chi connectivity index (χ3n) is 3.51. The van der Waals surface area contributed by atoms with Crippen LogP contribution >= 0.6 is 15.9 Å². The summed E-state index contributed by atoms with van der Waals surface area (Å²) in [6, 6.07) is 7.56. The normalized spacial score (nSPS) is 17.7. The van der Waals surface area contributed by atoms with Crippen LogP contribution in [0.3, 0.4) is 0 Å². The summed E-state index contributed by atoms with van der Waals surface area (Å²) in [6.45, 7) is 2.05. The Morgan fingerprint density at radius 3 is 2.63 bits per heavy atom. The Balaban J connectivity index is 2.22. The van der Waals surface area contributed by atoms with Gasteiger partial charge in [-0.1, -0.05) is 28.1 Å². The second-order valence-corrected chi connectivity index (χ2v) is 8.51. The molecule has 1 saturated carbocycles. The summed E-state index contributed by atoms with van der Waals surface area (Å²) in [5.41, 5.74) is 0.913. The Hall–Kier alpha value is -0.430. The lowest BCUT2D eigenvalue weighted by Crippen LogP contribution is -2.40. The van der Waals surface area contributed by atoms with Gasteiger partial charge in [0.25, 0.3) is 0 Å². The standard InChI is InChI=1S/C13H18BrNO3S/c1-13(5-6-13)19(17,18)15(7-8-16)10-11-3-2-4-12(14)9-11/h2-4,9,16H,5-8,10H2,1H3. The highest BCUT2D eigenvalue weighted by Gasteiger charge is 2.52. The lowest BCUT2D eigenvalue weighted by molar-refractivity contribution is 0.250. The molecular weight excluding hydrogens is 330 g/mol. The first-order valence-electron chi connectivity index (χ1n) is 6.24. The van der Waals surface area contributed by atoms with E-state index in [1.165, 1.54) is 4.31 Å². The van der Waals surface area contributed by atoms with Gasteiger partial charge in [0.15, 0.2) is 0 Å². The number of sulfonamides is 1. The van der Waals surface area contributed by atoms with Gasteiger partial charge in [0, 0.05) is 17.6 Å². The van der Waals surface area contributed by atoms with E-state index in [9.17, 15) is 8.42 Å². The predicted octanol–water partition coefficient (Wildman–Crippen LogP) is 2.13. The molecule has 0 heterocycles. The fourth-order valence-corrected chi connectivity index (χ4v) is 4.31. The van der Waals surface area contributed by atoms with Crippen LogP contribution < -0.4 is 0 Å². The summed E-state index contributed by atoms with van der Waals surface area (Å²) in [6.07, 6.45) is 1.41. The number of hydrogen-bond acceptors (Lipinski definition) is 3. The highest BCUT2D eigenvalue weighted by atomic mass is 79.9. The van der Waals surface area contributed by atoms with Crippen molar-refractivity contribution in [3.05, 3.63) is 34.3 Å². The molecule has 0 unspecified atom stereocenters. The van der Waals surface area contributed by atoms with Crippen LogP contribution in [0.5, 0.6) is 0 Å². The Kier molecular flexibility index (Phi) is 4.35. The molecule has 19 heavy (non-hydrogen) atoms. The quantitative estimate of drug-likeness (QED) is 0.857. The van der Waals surface area contributed by atoms with Gasteiger partial charge in [0.2, 0.25) is 10.0 Å². The fourth-order valence-electron chi connectivity index (χ4n) is 1.98. The maximum absolute atomic E-state index is 12.5. The molecule has 0 saturated heterocycles. The number of rotatable bonds is 6. The molecule has 0 radical (unpaired) electrons. The van der Waals surface area contributed by atoms with E-state index >= 15 is 0 Å². The number of aliphatic hydroxyl groups excluding tert-OH is 1. The van der Waals surface area contributed by atoms with Crippen LogP contribution in [0.1, 0.15) is 25.3 Å². The van der Waals surface area contributed by atoms with Crippen LogP contribution in [0.4, 0.5) is 0 Å². The highest BCUT2D eigenvalue weighted by Crippen LogP contribution is 2.44. The van der Waals surface area contributed by atoms with Crippen molar-refractivity contribution in [3.8, 4) is 0 Å². The van der Waals surface area contributed by atoms with Gasteiger partial charge in [-0.3, -0.25) is 0 Å². The zero-order valence-corrected chi connectivity index (χ0v) is 13.2. The van der Waals surface area contributed by atoms with E-state index in [2.05, 4.69) is 15.9 Å². The smallest absolute Gasteiger partial charge is 0.219 e. The molecule has 4 nitrogen and oxygen atoms in total. The summed E-state index contributed by atoms with van der Waals surface area (Å²) in [5.74, 6) is 0. The molecule has 0 spiro atoms. The van der Waals surface area contributed by atoms with E-state index in [1.807, 2.05) is 24.3 Å². The first-order chi connectivity index (χ1) is 8.89. The van der Waals surface area contributed by atoms with Crippen molar-refractivity contribution in [2.24, 2.45) is 0 Å². The van der Waals surface area contributed by atoms with Crippen molar-refractivity contribution >= 4 is 26.0 Å². The monoisotopic (exact) mass is 347 g/mol. The van der Waals surface area contributed by atoms with Crippen LogP contribution in [0.25, 0.3) is 0 Å². The molecule has 0 amide bonds. The lowest BCUT2D eigenvalue weighted by atomic mass is 10.2. The summed E-state index contributed by atoms with van der Waals surface area (Å²) >= 11 is 3.38. The van der Waals surface area contributed by atoms with Crippen LogP contribution in [0, 0.1) is 0 Å². The van der Waals surface area contributed by atoms with Crippen molar-refractivity contribution in [2.75, 3.05) is 13.2 Å². The fraction of sp³-hybridized carbons (Fsp3) is 0.538.